The largest absolute Gasteiger partial charge is 0.451 e. The third-order valence-electron chi connectivity index (χ3n) is 5.58. The number of rotatable bonds is 4. The maximum Gasteiger partial charge on any atom is 0.451 e. The zero-order valence-electron chi connectivity index (χ0n) is 16.2. The van der Waals surface area contributed by atoms with Gasteiger partial charge in [-0.1, -0.05) is 6.92 Å². The van der Waals surface area contributed by atoms with Gasteiger partial charge in [-0.05, 0) is 12.3 Å². The third kappa shape index (κ3) is 4.34. The minimum atomic E-state index is -4.52. The van der Waals surface area contributed by atoms with Gasteiger partial charge in [0, 0.05) is 52.1 Å². The van der Waals surface area contributed by atoms with Crippen molar-refractivity contribution in [2.24, 2.45) is 16.8 Å². The second kappa shape index (κ2) is 7.76. The molecule has 2 amide bonds. The molecule has 0 bridgehead atoms. The Morgan fingerprint density at radius 1 is 1.32 bits per heavy atom. The van der Waals surface area contributed by atoms with Crippen LogP contribution in [0.4, 0.5) is 13.2 Å². The number of hydrogen-bond donors (Lipinski definition) is 1. The number of amidine groups is 1. The lowest BCUT2D eigenvalue weighted by molar-refractivity contribution is -0.138. The SMILES string of the molecule is CC1CCN(C[C@@H](N)CC(=O)N2CCN3C(C(F)(F)F)=NN(C)C3C2)C(=O)C1. The van der Waals surface area contributed by atoms with Gasteiger partial charge in [-0.2, -0.15) is 18.3 Å². The molecule has 3 atom stereocenters. The summed E-state index contributed by atoms with van der Waals surface area (Å²) in [5.74, 6) is -0.703. The quantitative estimate of drug-likeness (QED) is 0.726. The molecular formula is C17H27F3N6O2. The summed E-state index contributed by atoms with van der Waals surface area (Å²) < 4.78 is 39.2. The molecule has 8 nitrogen and oxygen atoms in total. The molecule has 0 aromatic rings. The molecular weight excluding hydrogens is 377 g/mol. The Balaban J connectivity index is 1.52. The summed E-state index contributed by atoms with van der Waals surface area (Å²) in [6.07, 6.45) is -3.67. The molecule has 3 aliphatic heterocycles. The van der Waals surface area contributed by atoms with Gasteiger partial charge in [0.2, 0.25) is 17.6 Å². The molecule has 28 heavy (non-hydrogen) atoms. The first-order valence-electron chi connectivity index (χ1n) is 9.52. The predicted molar refractivity (Wildman–Crippen MR) is 95.9 cm³/mol. The zero-order valence-corrected chi connectivity index (χ0v) is 16.2. The van der Waals surface area contributed by atoms with E-state index in [1.54, 1.807) is 4.90 Å². The van der Waals surface area contributed by atoms with Crippen LogP contribution < -0.4 is 5.73 Å². The summed E-state index contributed by atoms with van der Waals surface area (Å²) in [5.41, 5.74) is 6.09. The van der Waals surface area contributed by atoms with E-state index in [9.17, 15) is 22.8 Å². The minimum absolute atomic E-state index is 0.0553. The molecule has 0 aliphatic carbocycles. The molecule has 3 heterocycles. The molecule has 0 saturated carbocycles. The van der Waals surface area contributed by atoms with Gasteiger partial charge in [-0.25, -0.2) is 0 Å². The van der Waals surface area contributed by atoms with E-state index in [4.69, 9.17) is 5.73 Å². The fourth-order valence-corrected chi connectivity index (χ4v) is 3.98. The number of piperidine rings is 1. The highest BCUT2D eigenvalue weighted by Gasteiger charge is 2.49. The fraction of sp³-hybridized carbons (Fsp3) is 0.824. The Morgan fingerprint density at radius 3 is 2.68 bits per heavy atom. The monoisotopic (exact) mass is 404 g/mol. The topological polar surface area (TPSA) is 85.5 Å². The maximum absolute atomic E-state index is 13.1. The van der Waals surface area contributed by atoms with E-state index in [-0.39, 0.29) is 37.9 Å². The van der Waals surface area contributed by atoms with Gasteiger partial charge in [0.1, 0.15) is 6.17 Å². The van der Waals surface area contributed by atoms with Crippen molar-refractivity contribution in [2.75, 3.05) is 39.8 Å². The molecule has 3 aliphatic rings. The van der Waals surface area contributed by atoms with Gasteiger partial charge >= 0.3 is 6.18 Å². The van der Waals surface area contributed by atoms with Crippen molar-refractivity contribution >= 4 is 17.6 Å². The first-order valence-corrected chi connectivity index (χ1v) is 9.52. The lowest BCUT2D eigenvalue weighted by atomic mass is 9.98. The standard InChI is InChI=1S/C17H27F3N6O2/c1-11-3-4-24(14(27)7-11)9-12(21)8-15(28)25-5-6-26-13(10-25)23(2)22-16(26)17(18,19)20/h11-13H,3-10,21H2,1-2H3/t11?,12-,13?/m0/s1. The molecule has 0 spiro atoms. The van der Waals surface area contributed by atoms with Crippen molar-refractivity contribution < 1.29 is 22.8 Å². The fourth-order valence-electron chi connectivity index (χ4n) is 3.98. The highest BCUT2D eigenvalue weighted by atomic mass is 19.4. The predicted octanol–water partition coefficient (Wildman–Crippen LogP) is 0.254. The Kier molecular flexibility index (Phi) is 5.74. The van der Waals surface area contributed by atoms with Crippen LogP contribution in [0.3, 0.4) is 0 Å². The second-order valence-electron chi connectivity index (χ2n) is 7.91. The van der Waals surface area contributed by atoms with Crippen LogP contribution in [0.1, 0.15) is 26.2 Å². The maximum atomic E-state index is 13.1. The van der Waals surface area contributed by atoms with Crippen LogP contribution in [0.5, 0.6) is 0 Å². The number of carbonyl (C=O) groups excluding carboxylic acids is 2. The van der Waals surface area contributed by atoms with E-state index in [0.717, 1.165) is 6.42 Å². The number of carbonyl (C=O) groups is 2. The number of piperazine rings is 1. The van der Waals surface area contributed by atoms with E-state index in [1.165, 1.54) is 21.9 Å². The van der Waals surface area contributed by atoms with E-state index in [0.29, 0.717) is 25.4 Å². The Bertz CT molecular complexity index is 655. The highest BCUT2D eigenvalue weighted by molar-refractivity contribution is 5.89. The van der Waals surface area contributed by atoms with Crippen molar-refractivity contribution in [3.8, 4) is 0 Å². The first kappa shape index (κ1) is 20.7. The summed E-state index contributed by atoms with van der Waals surface area (Å²) >= 11 is 0. The molecule has 0 aromatic heterocycles. The number of alkyl halides is 3. The van der Waals surface area contributed by atoms with Crippen molar-refractivity contribution in [3.05, 3.63) is 0 Å². The third-order valence-corrected chi connectivity index (χ3v) is 5.58. The van der Waals surface area contributed by atoms with Crippen LogP contribution in [0.2, 0.25) is 0 Å². The molecule has 0 radical (unpaired) electrons. The number of amides is 2. The zero-order chi connectivity index (χ0) is 20.6. The lowest BCUT2D eigenvalue weighted by Gasteiger charge is -2.41. The summed E-state index contributed by atoms with van der Waals surface area (Å²) in [4.78, 5) is 29.1. The number of halogens is 3. The van der Waals surface area contributed by atoms with Crippen LogP contribution in [0, 0.1) is 5.92 Å². The average molecular weight is 404 g/mol. The van der Waals surface area contributed by atoms with Gasteiger partial charge in [0.25, 0.3) is 0 Å². The van der Waals surface area contributed by atoms with Gasteiger partial charge in [0.15, 0.2) is 0 Å². The van der Waals surface area contributed by atoms with Crippen LogP contribution in [0.25, 0.3) is 0 Å². The van der Waals surface area contributed by atoms with Crippen molar-refractivity contribution in [1.29, 1.82) is 0 Å². The summed E-state index contributed by atoms with van der Waals surface area (Å²) in [6, 6.07) is -0.494. The van der Waals surface area contributed by atoms with Crippen molar-refractivity contribution in [2.45, 2.75) is 44.6 Å². The second-order valence-corrected chi connectivity index (χ2v) is 7.91. The molecule has 3 rings (SSSR count). The molecule has 2 N–H and O–H groups in total. The normalized spacial score (nSPS) is 27.1. The lowest BCUT2D eigenvalue weighted by Crippen LogP contribution is -2.59. The number of likely N-dealkylation sites (tertiary alicyclic amines) is 1. The minimum Gasteiger partial charge on any atom is -0.341 e. The first-order chi connectivity index (χ1) is 13.1. The van der Waals surface area contributed by atoms with Gasteiger partial charge in [0.05, 0.1) is 6.54 Å². The number of nitrogens with two attached hydrogens (primary N) is 1. The molecule has 2 fully saturated rings. The highest BCUT2D eigenvalue weighted by Crippen LogP contribution is 2.29. The number of hydrazone groups is 1. The van der Waals surface area contributed by atoms with Crippen LogP contribution in [-0.2, 0) is 9.59 Å². The Hall–Kier alpha value is -2.04. The Morgan fingerprint density at radius 2 is 2.04 bits per heavy atom. The molecule has 158 valence electrons. The summed E-state index contributed by atoms with van der Waals surface area (Å²) in [5, 5.41) is 4.84. The summed E-state index contributed by atoms with van der Waals surface area (Å²) in [7, 11) is 1.47. The number of nitrogens with zero attached hydrogens (tertiary/aromatic N) is 5. The smallest absolute Gasteiger partial charge is 0.341 e. The number of hydrogen-bond acceptors (Lipinski definition) is 6. The van der Waals surface area contributed by atoms with E-state index >= 15 is 0 Å². The average Bonchev–Trinajstić information content (AvgIpc) is 2.94. The number of fused-ring (bicyclic) bond motifs is 1. The van der Waals surface area contributed by atoms with Gasteiger partial charge < -0.3 is 20.4 Å². The molecule has 2 saturated heterocycles. The number of likely N-dealkylation sites (N-methyl/N-ethyl adjacent to an activating group) is 1. The van der Waals surface area contributed by atoms with E-state index < -0.39 is 24.2 Å². The van der Waals surface area contributed by atoms with E-state index in [2.05, 4.69) is 5.10 Å². The van der Waals surface area contributed by atoms with E-state index in [1.807, 2.05) is 6.92 Å². The van der Waals surface area contributed by atoms with Crippen LogP contribution >= 0.6 is 0 Å². The van der Waals surface area contributed by atoms with Crippen LogP contribution in [-0.4, -0.2) is 95.5 Å². The molecule has 11 heteroatoms. The van der Waals surface area contributed by atoms with Crippen molar-refractivity contribution in [1.82, 2.24) is 19.7 Å². The van der Waals surface area contributed by atoms with Crippen molar-refractivity contribution in [3.63, 3.8) is 0 Å². The molecule has 0 aromatic carbocycles. The van der Waals surface area contributed by atoms with Gasteiger partial charge in [-0.15, -0.1) is 0 Å². The Labute approximate surface area is 162 Å². The van der Waals surface area contributed by atoms with Crippen LogP contribution in [0.15, 0.2) is 5.10 Å². The molecule has 2 unspecified atom stereocenters. The van der Waals surface area contributed by atoms with Gasteiger partial charge in [-0.3, -0.25) is 14.6 Å². The summed E-state index contributed by atoms with van der Waals surface area (Å²) in [6.45, 7) is 3.38.